The Morgan fingerprint density at radius 2 is 2.08 bits per heavy atom. The van der Waals surface area contributed by atoms with Crippen LogP contribution < -0.4 is 10.6 Å². The van der Waals surface area contributed by atoms with Crippen LogP contribution in [0.15, 0.2) is 18.2 Å². The first-order valence-corrected chi connectivity index (χ1v) is 8.67. The Balaban J connectivity index is 1.58. The molecule has 0 radical (unpaired) electrons. The largest absolute Gasteiger partial charge is 0.373 e. The van der Waals surface area contributed by atoms with Crippen molar-refractivity contribution in [3.63, 3.8) is 0 Å². The van der Waals surface area contributed by atoms with Gasteiger partial charge in [-0.05, 0) is 31.5 Å². The van der Waals surface area contributed by atoms with E-state index in [1.54, 1.807) is 6.07 Å². The molecule has 0 saturated carbocycles. The van der Waals surface area contributed by atoms with Crippen LogP contribution in [0.1, 0.15) is 31.7 Å². The van der Waals surface area contributed by atoms with Crippen molar-refractivity contribution in [2.45, 2.75) is 38.4 Å². The van der Waals surface area contributed by atoms with Gasteiger partial charge in [-0.1, -0.05) is 6.07 Å². The highest BCUT2D eigenvalue weighted by Crippen LogP contribution is 2.32. The maximum atomic E-state index is 13.4. The molecule has 3 unspecified atom stereocenters. The average Bonchev–Trinajstić information content (AvgIpc) is 2.52. The van der Waals surface area contributed by atoms with Crippen molar-refractivity contribution in [2.75, 3.05) is 31.5 Å². The lowest BCUT2D eigenvalue weighted by Crippen LogP contribution is -2.48. The zero-order valence-corrected chi connectivity index (χ0v) is 14.5. The summed E-state index contributed by atoms with van der Waals surface area (Å²) < 4.78 is 19.0. The van der Waals surface area contributed by atoms with E-state index in [-0.39, 0.29) is 30.4 Å². The Hall–Kier alpha value is -1.99. The molecule has 3 atom stereocenters. The summed E-state index contributed by atoms with van der Waals surface area (Å²) in [7, 11) is 0. The third kappa shape index (κ3) is 4.35. The van der Waals surface area contributed by atoms with Crippen LogP contribution in [0.5, 0.6) is 0 Å². The summed E-state index contributed by atoms with van der Waals surface area (Å²) in [6.07, 6.45) is 0.447. The molecule has 0 spiro atoms. The number of benzene rings is 1. The number of morpholine rings is 1. The van der Waals surface area contributed by atoms with Gasteiger partial charge in [-0.2, -0.15) is 0 Å². The fraction of sp³-hybridized carbons (Fsp3) is 0.556. The Bertz CT molecular complexity index is 657. The molecule has 1 saturated heterocycles. The first-order valence-electron chi connectivity index (χ1n) is 8.67. The summed E-state index contributed by atoms with van der Waals surface area (Å²) in [5.41, 5.74) is 1.04. The zero-order valence-electron chi connectivity index (χ0n) is 14.5. The fourth-order valence-electron chi connectivity index (χ4n) is 3.60. The quantitative estimate of drug-likeness (QED) is 0.864. The third-order valence-electron chi connectivity index (χ3n) is 4.59. The van der Waals surface area contributed by atoms with Gasteiger partial charge in [0.25, 0.3) is 0 Å². The van der Waals surface area contributed by atoms with E-state index in [2.05, 4.69) is 15.5 Å². The van der Waals surface area contributed by atoms with Crippen molar-refractivity contribution >= 4 is 17.5 Å². The number of halogens is 1. The minimum absolute atomic E-state index is 0.0795. The number of nitrogens with one attached hydrogen (secondary N) is 2. The molecule has 2 aliphatic rings. The van der Waals surface area contributed by atoms with Crippen LogP contribution in [0.3, 0.4) is 0 Å². The summed E-state index contributed by atoms with van der Waals surface area (Å²) in [6, 6.07) is 4.13. The smallest absolute Gasteiger partial charge is 0.228 e. The second-order valence-corrected chi connectivity index (χ2v) is 6.84. The summed E-state index contributed by atoms with van der Waals surface area (Å²) >= 11 is 0. The molecular formula is C18H24FN3O3. The number of ether oxygens (including phenoxy) is 1. The van der Waals surface area contributed by atoms with E-state index in [1.165, 1.54) is 12.1 Å². The molecular weight excluding hydrogens is 325 g/mol. The molecule has 2 amide bonds. The van der Waals surface area contributed by atoms with E-state index >= 15 is 0 Å². The lowest BCUT2D eigenvalue weighted by atomic mass is 9.89. The number of amides is 2. The first kappa shape index (κ1) is 17.8. The third-order valence-corrected chi connectivity index (χ3v) is 4.59. The Morgan fingerprint density at radius 3 is 2.80 bits per heavy atom. The monoisotopic (exact) mass is 349 g/mol. The van der Waals surface area contributed by atoms with Crippen LogP contribution >= 0.6 is 0 Å². The van der Waals surface area contributed by atoms with E-state index in [1.807, 2.05) is 13.8 Å². The molecule has 2 N–H and O–H groups in total. The molecule has 25 heavy (non-hydrogen) atoms. The van der Waals surface area contributed by atoms with E-state index in [0.717, 1.165) is 19.6 Å². The predicted molar refractivity (Wildman–Crippen MR) is 91.8 cm³/mol. The van der Waals surface area contributed by atoms with Gasteiger partial charge in [-0.3, -0.25) is 14.5 Å². The van der Waals surface area contributed by atoms with Crippen molar-refractivity contribution in [3.8, 4) is 0 Å². The molecule has 1 aromatic rings. The number of rotatable bonds is 4. The van der Waals surface area contributed by atoms with Crippen LogP contribution in [0.4, 0.5) is 10.1 Å². The van der Waals surface area contributed by atoms with Gasteiger partial charge in [-0.15, -0.1) is 0 Å². The second-order valence-electron chi connectivity index (χ2n) is 6.84. The van der Waals surface area contributed by atoms with E-state index < -0.39 is 11.7 Å². The number of hydrogen-bond acceptors (Lipinski definition) is 4. The number of carbonyl (C=O) groups is 2. The number of anilines is 1. The van der Waals surface area contributed by atoms with Crippen molar-refractivity contribution in [2.24, 2.45) is 0 Å². The average molecular weight is 349 g/mol. The number of hydrogen-bond donors (Lipinski definition) is 2. The second kappa shape index (κ2) is 7.49. The van der Waals surface area contributed by atoms with Crippen molar-refractivity contribution in [3.05, 3.63) is 29.6 Å². The standard InChI is InChI=1S/C18H24FN3O3/c1-11-9-22(10-12(2)25-11)6-5-20-18(24)15-8-17(23)21-16-7-13(19)3-4-14(15)16/h3-4,7,11-12,15H,5-6,8-10H2,1-2H3,(H,20,24)(H,21,23). The molecule has 136 valence electrons. The zero-order chi connectivity index (χ0) is 18.0. The van der Waals surface area contributed by atoms with Gasteiger partial charge in [0.05, 0.1) is 18.1 Å². The molecule has 2 aliphatic heterocycles. The highest BCUT2D eigenvalue weighted by molar-refractivity contribution is 6.01. The maximum Gasteiger partial charge on any atom is 0.228 e. The normalized spacial score (nSPS) is 26.7. The van der Waals surface area contributed by atoms with E-state index in [4.69, 9.17) is 4.74 Å². The minimum atomic E-state index is -0.577. The molecule has 7 heteroatoms. The molecule has 2 heterocycles. The van der Waals surface area contributed by atoms with Gasteiger partial charge in [0.15, 0.2) is 0 Å². The lowest BCUT2D eigenvalue weighted by molar-refractivity contribution is -0.126. The summed E-state index contributed by atoms with van der Waals surface area (Å²) in [6.45, 7) is 7.00. The molecule has 0 aliphatic carbocycles. The number of carbonyl (C=O) groups excluding carboxylic acids is 2. The lowest BCUT2D eigenvalue weighted by Gasteiger charge is -2.35. The SMILES string of the molecule is CC1CN(CCNC(=O)C2CC(=O)Nc3cc(F)ccc32)CC(C)O1. The summed E-state index contributed by atoms with van der Waals surface area (Å²) in [5, 5.41) is 5.53. The maximum absolute atomic E-state index is 13.4. The van der Waals surface area contributed by atoms with Gasteiger partial charge >= 0.3 is 0 Å². The molecule has 1 aromatic carbocycles. The van der Waals surface area contributed by atoms with E-state index in [0.29, 0.717) is 17.8 Å². The summed E-state index contributed by atoms with van der Waals surface area (Å²) in [4.78, 5) is 26.6. The van der Waals surface area contributed by atoms with Crippen LogP contribution in [0.25, 0.3) is 0 Å². The Labute approximate surface area is 146 Å². The van der Waals surface area contributed by atoms with Gasteiger partial charge in [0.2, 0.25) is 11.8 Å². The minimum Gasteiger partial charge on any atom is -0.373 e. The van der Waals surface area contributed by atoms with Gasteiger partial charge in [0, 0.05) is 38.3 Å². The van der Waals surface area contributed by atoms with Crippen molar-refractivity contribution in [1.29, 1.82) is 0 Å². The Morgan fingerprint density at radius 1 is 1.36 bits per heavy atom. The van der Waals surface area contributed by atoms with Crippen LogP contribution in [0, 0.1) is 5.82 Å². The van der Waals surface area contributed by atoms with Crippen molar-refractivity contribution in [1.82, 2.24) is 10.2 Å². The van der Waals surface area contributed by atoms with Gasteiger partial charge in [-0.25, -0.2) is 4.39 Å². The van der Waals surface area contributed by atoms with Gasteiger partial charge in [0.1, 0.15) is 5.82 Å². The highest BCUT2D eigenvalue weighted by Gasteiger charge is 2.31. The first-order chi connectivity index (χ1) is 11.9. The van der Waals surface area contributed by atoms with Crippen LogP contribution in [-0.2, 0) is 14.3 Å². The number of nitrogens with zero attached hydrogens (tertiary/aromatic N) is 1. The van der Waals surface area contributed by atoms with Crippen LogP contribution in [-0.4, -0.2) is 55.1 Å². The van der Waals surface area contributed by atoms with Crippen LogP contribution in [0.2, 0.25) is 0 Å². The molecule has 0 bridgehead atoms. The molecule has 6 nitrogen and oxygen atoms in total. The highest BCUT2D eigenvalue weighted by atomic mass is 19.1. The van der Waals surface area contributed by atoms with Crippen molar-refractivity contribution < 1.29 is 18.7 Å². The summed E-state index contributed by atoms with van der Waals surface area (Å²) in [5.74, 6) is -1.48. The topological polar surface area (TPSA) is 70.7 Å². The van der Waals surface area contributed by atoms with E-state index in [9.17, 15) is 14.0 Å². The predicted octanol–water partition coefficient (Wildman–Crippen LogP) is 1.48. The molecule has 3 rings (SSSR count). The fourth-order valence-corrected chi connectivity index (χ4v) is 3.60. The Kier molecular flexibility index (Phi) is 5.34. The molecule has 1 fully saturated rings. The van der Waals surface area contributed by atoms with Gasteiger partial charge < -0.3 is 15.4 Å². The molecule has 0 aromatic heterocycles. The number of fused-ring (bicyclic) bond motifs is 1.